The zero-order valence-electron chi connectivity index (χ0n) is 20.7. The van der Waals surface area contributed by atoms with Crippen LogP contribution in [-0.2, 0) is 10.0 Å². The molecule has 188 valence electrons. The quantitative estimate of drug-likeness (QED) is 0.607. The molecular weight excluding hydrogens is 462 g/mol. The molecule has 3 N–H and O–H groups in total. The van der Waals surface area contributed by atoms with Crippen LogP contribution in [0.2, 0.25) is 0 Å². The van der Waals surface area contributed by atoms with Gasteiger partial charge in [0.25, 0.3) is 15.9 Å². The molecule has 0 bridgehead atoms. The normalized spacial score (nSPS) is 20.9. The Balaban J connectivity index is 1.68. The Hall–Kier alpha value is -2.94. The second-order valence-electron chi connectivity index (χ2n) is 10.5. The summed E-state index contributed by atoms with van der Waals surface area (Å²) in [6, 6.07) is 6.01. The summed E-state index contributed by atoms with van der Waals surface area (Å²) in [6.07, 6.45) is 13.0. The molecule has 1 unspecified atom stereocenters. The number of amides is 1. The van der Waals surface area contributed by atoms with E-state index in [1.54, 1.807) is 12.3 Å². The Labute approximate surface area is 208 Å². The molecule has 1 aliphatic carbocycles. The lowest BCUT2D eigenvalue weighted by Crippen LogP contribution is -2.41. The van der Waals surface area contributed by atoms with Crippen molar-refractivity contribution in [1.82, 2.24) is 14.7 Å². The first-order valence-corrected chi connectivity index (χ1v) is 13.8. The molecule has 4 rings (SSSR count). The van der Waals surface area contributed by atoms with Gasteiger partial charge in [0.15, 0.2) is 5.03 Å². The van der Waals surface area contributed by atoms with Crippen molar-refractivity contribution in [2.24, 2.45) is 11.8 Å². The third kappa shape index (κ3) is 5.83. The number of allylic oxidation sites excluding steroid dienone is 1. The summed E-state index contributed by atoms with van der Waals surface area (Å²) in [7, 11) is -4.21. The molecule has 0 radical (unpaired) electrons. The number of nitrogens with zero attached hydrogens (tertiary/aromatic N) is 3. The van der Waals surface area contributed by atoms with Crippen LogP contribution in [0.4, 0.5) is 11.6 Å². The second-order valence-corrected chi connectivity index (χ2v) is 12.1. The largest absolute Gasteiger partial charge is 0.384 e. The van der Waals surface area contributed by atoms with Crippen molar-refractivity contribution in [2.75, 3.05) is 17.2 Å². The van der Waals surface area contributed by atoms with Crippen LogP contribution in [-0.4, -0.2) is 36.4 Å². The first-order valence-electron chi connectivity index (χ1n) is 12.3. The third-order valence-electron chi connectivity index (χ3n) is 6.92. The molecule has 2 fully saturated rings. The molecule has 0 aromatic carbocycles. The Morgan fingerprint density at radius 3 is 2.63 bits per heavy atom. The second kappa shape index (κ2) is 9.97. The summed E-state index contributed by atoms with van der Waals surface area (Å²) in [5.41, 5.74) is 6.44. The number of carbonyl (C=O) groups is 1. The minimum Gasteiger partial charge on any atom is -0.384 e. The lowest BCUT2D eigenvalue weighted by Gasteiger charge is -2.33. The monoisotopic (exact) mass is 497 g/mol. The molecule has 8 nitrogen and oxygen atoms in total. The lowest BCUT2D eigenvalue weighted by atomic mass is 9.89. The molecular formula is C26H35N5O3S. The maximum absolute atomic E-state index is 13.4. The van der Waals surface area contributed by atoms with Crippen LogP contribution in [0.5, 0.6) is 0 Å². The fourth-order valence-electron chi connectivity index (χ4n) is 5.29. The average Bonchev–Trinajstić information content (AvgIpc) is 3.09. The average molecular weight is 498 g/mol. The molecule has 1 amide bonds. The Morgan fingerprint density at radius 2 is 1.97 bits per heavy atom. The van der Waals surface area contributed by atoms with Gasteiger partial charge in [-0.05, 0) is 68.7 Å². The molecule has 9 heteroatoms. The van der Waals surface area contributed by atoms with Crippen LogP contribution < -0.4 is 15.4 Å². The van der Waals surface area contributed by atoms with Crippen molar-refractivity contribution in [3.8, 4) is 0 Å². The Morgan fingerprint density at radius 1 is 1.23 bits per heavy atom. The van der Waals surface area contributed by atoms with Gasteiger partial charge in [0.2, 0.25) is 0 Å². The van der Waals surface area contributed by atoms with Gasteiger partial charge in [-0.2, -0.15) is 8.42 Å². The van der Waals surface area contributed by atoms with Crippen LogP contribution in [0, 0.1) is 11.8 Å². The number of pyridine rings is 2. The van der Waals surface area contributed by atoms with Crippen LogP contribution in [0.3, 0.4) is 0 Å². The van der Waals surface area contributed by atoms with Crippen molar-refractivity contribution >= 4 is 33.6 Å². The Bertz CT molecular complexity index is 1220. The fraction of sp³-hybridized carbons (Fsp3) is 0.500. The molecule has 1 atom stereocenters. The number of hydrogen-bond acceptors (Lipinski definition) is 7. The molecule has 1 aliphatic heterocycles. The lowest BCUT2D eigenvalue weighted by molar-refractivity contribution is 0.0981. The first kappa shape index (κ1) is 25.2. The van der Waals surface area contributed by atoms with Crippen molar-refractivity contribution in [3.63, 3.8) is 0 Å². The summed E-state index contributed by atoms with van der Waals surface area (Å²) in [5.74, 6) is 0.760. The predicted octanol–water partition coefficient (Wildman–Crippen LogP) is 4.40. The number of rotatable bonds is 6. The summed E-state index contributed by atoms with van der Waals surface area (Å²) < 4.78 is 28.0. The van der Waals surface area contributed by atoms with E-state index in [0.717, 1.165) is 18.5 Å². The highest BCUT2D eigenvalue weighted by Crippen LogP contribution is 2.37. The smallest absolute Gasteiger partial charge is 0.281 e. The summed E-state index contributed by atoms with van der Waals surface area (Å²) in [4.78, 5) is 24.0. The van der Waals surface area contributed by atoms with Gasteiger partial charge in [-0.3, -0.25) is 4.79 Å². The van der Waals surface area contributed by atoms with E-state index in [1.807, 2.05) is 6.08 Å². The van der Waals surface area contributed by atoms with Crippen molar-refractivity contribution in [3.05, 3.63) is 47.7 Å². The van der Waals surface area contributed by atoms with E-state index in [1.165, 1.54) is 50.3 Å². The van der Waals surface area contributed by atoms with Crippen LogP contribution in [0.15, 0.2) is 41.6 Å². The summed E-state index contributed by atoms with van der Waals surface area (Å²) >= 11 is 0. The van der Waals surface area contributed by atoms with E-state index in [4.69, 9.17) is 5.73 Å². The third-order valence-corrected chi connectivity index (χ3v) is 8.15. The maximum atomic E-state index is 13.4. The highest BCUT2D eigenvalue weighted by atomic mass is 32.2. The van der Waals surface area contributed by atoms with Gasteiger partial charge in [0.1, 0.15) is 11.6 Å². The number of sulfonamides is 1. The van der Waals surface area contributed by atoms with E-state index in [-0.39, 0.29) is 21.9 Å². The van der Waals surface area contributed by atoms with Crippen molar-refractivity contribution in [2.45, 2.75) is 69.9 Å². The molecule has 2 aromatic rings. The van der Waals surface area contributed by atoms with Gasteiger partial charge in [-0.1, -0.05) is 44.4 Å². The van der Waals surface area contributed by atoms with Crippen LogP contribution in [0.25, 0.3) is 6.08 Å². The van der Waals surface area contributed by atoms with Gasteiger partial charge in [-0.25, -0.2) is 14.7 Å². The highest BCUT2D eigenvalue weighted by Gasteiger charge is 2.39. The zero-order valence-corrected chi connectivity index (χ0v) is 21.5. The minimum atomic E-state index is -4.21. The van der Waals surface area contributed by atoms with Gasteiger partial charge in [0.05, 0.1) is 5.56 Å². The maximum Gasteiger partial charge on any atom is 0.281 e. The van der Waals surface area contributed by atoms with E-state index in [0.29, 0.717) is 17.7 Å². The number of anilines is 2. The number of aromatic nitrogens is 2. The van der Waals surface area contributed by atoms with E-state index in [9.17, 15) is 13.2 Å². The number of hydrogen-bond donors (Lipinski definition) is 2. The highest BCUT2D eigenvalue weighted by molar-refractivity contribution is 7.90. The summed E-state index contributed by atoms with van der Waals surface area (Å²) in [6.45, 7) is 7.13. The minimum absolute atomic E-state index is 0.0605. The van der Waals surface area contributed by atoms with Crippen LogP contribution >= 0.6 is 0 Å². The van der Waals surface area contributed by atoms with Crippen LogP contribution in [0.1, 0.15) is 75.2 Å². The van der Waals surface area contributed by atoms with Crippen molar-refractivity contribution < 1.29 is 13.2 Å². The molecule has 35 heavy (non-hydrogen) atoms. The van der Waals surface area contributed by atoms with Gasteiger partial charge in [-0.15, -0.1) is 0 Å². The topological polar surface area (TPSA) is 118 Å². The standard InChI is InChI=1S/C26H35N5O3S/c1-18-15-26(2,3)31(17-18)24-21(14-20(16-28-24)13-12-19-8-5-4-6-9-19)25(32)30-35(33,34)23-11-7-10-22(27)29-23/h7,10-14,16,18-19H,4-6,8-9,15,17H2,1-3H3,(H2,27,29)(H,30,32)/b13-12+. The van der Waals surface area contributed by atoms with E-state index in [2.05, 4.69) is 46.4 Å². The molecule has 3 heterocycles. The van der Waals surface area contributed by atoms with E-state index >= 15 is 0 Å². The number of nitrogen functional groups attached to an aromatic ring is 1. The number of carbonyl (C=O) groups excluding carboxylic acids is 1. The number of nitrogens with one attached hydrogen (secondary N) is 1. The molecule has 1 saturated carbocycles. The van der Waals surface area contributed by atoms with Crippen molar-refractivity contribution in [1.29, 1.82) is 0 Å². The fourth-order valence-corrected chi connectivity index (χ4v) is 6.23. The SMILES string of the molecule is CC1CN(c2ncc(/C=C/C3CCCCC3)cc2C(=O)NS(=O)(=O)c2cccc(N)n2)C(C)(C)C1. The van der Waals surface area contributed by atoms with Gasteiger partial charge in [0, 0.05) is 18.3 Å². The predicted molar refractivity (Wildman–Crippen MR) is 138 cm³/mol. The number of nitrogens with two attached hydrogens (primary N) is 1. The first-order chi connectivity index (χ1) is 16.5. The Kier molecular flexibility index (Phi) is 7.17. The zero-order chi connectivity index (χ0) is 25.2. The van der Waals surface area contributed by atoms with Gasteiger partial charge < -0.3 is 10.6 Å². The molecule has 2 aliphatic rings. The molecule has 1 saturated heterocycles. The van der Waals surface area contributed by atoms with Gasteiger partial charge >= 0.3 is 0 Å². The summed E-state index contributed by atoms with van der Waals surface area (Å²) in [5, 5.41) is -0.302. The van der Waals surface area contributed by atoms with E-state index < -0.39 is 15.9 Å². The molecule has 0 spiro atoms. The molecule has 2 aromatic heterocycles.